The van der Waals surface area contributed by atoms with Gasteiger partial charge in [0.05, 0.1) is 16.8 Å². The van der Waals surface area contributed by atoms with Crippen molar-refractivity contribution in [3.8, 4) is 22.9 Å². The number of aliphatic imine (C=N–C) groups is 1. The van der Waals surface area contributed by atoms with Crippen molar-refractivity contribution >= 4 is 23.8 Å². The maximum Gasteiger partial charge on any atom is 0.208 e. The van der Waals surface area contributed by atoms with Crippen LogP contribution in [0.5, 0.6) is 11.5 Å². The maximum absolute atomic E-state index is 6.39. The molecule has 1 fully saturated rings. The lowest BCUT2D eigenvalue weighted by Crippen LogP contribution is -2.29. The molecule has 2 heterocycles. The number of H-pyrrole nitrogens is 1. The lowest BCUT2D eigenvalue weighted by Gasteiger charge is -2.34. The van der Waals surface area contributed by atoms with E-state index >= 15 is 0 Å². The molecule has 3 aromatic rings. The SMILES string of the molecule is ClN1C=NC2(CCCC2)c2c(Oc3ccccc3-c3nn[nH]n3)cccc21. The number of aromatic nitrogens is 4. The minimum absolute atomic E-state index is 0.265. The molecule has 1 aromatic heterocycles. The topological polar surface area (TPSA) is 79.3 Å². The van der Waals surface area contributed by atoms with Crippen LogP contribution in [0.25, 0.3) is 11.4 Å². The zero-order valence-corrected chi connectivity index (χ0v) is 15.2. The van der Waals surface area contributed by atoms with Gasteiger partial charge in [-0.15, -0.1) is 10.2 Å². The van der Waals surface area contributed by atoms with Crippen molar-refractivity contribution in [3.05, 3.63) is 48.0 Å². The molecule has 136 valence electrons. The number of hydrogen-bond donors (Lipinski definition) is 1. The molecule has 0 bridgehead atoms. The molecular formula is C19H17ClN6O. The number of benzene rings is 2. The van der Waals surface area contributed by atoms with Gasteiger partial charge in [0.2, 0.25) is 5.82 Å². The summed E-state index contributed by atoms with van der Waals surface area (Å²) >= 11 is 6.39. The molecule has 27 heavy (non-hydrogen) atoms. The Labute approximate surface area is 161 Å². The Morgan fingerprint density at radius 2 is 1.85 bits per heavy atom. The molecule has 0 atom stereocenters. The Bertz CT molecular complexity index is 997. The van der Waals surface area contributed by atoms with E-state index < -0.39 is 0 Å². The van der Waals surface area contributed by atoms with Gasteiger partial charge in [-0.25, -0.2) is 4.42 Å². The molecule has 5 rings (SSSR count). The van der Waals surface area contributed by atoms with Crippen LogP contribution in [0.4, 0.5) is 5.69 Å². The fraction of sp³-hybridized carbons (Fsp3) is 0.263. The normalized spacial score (nSPS) is 17.3. The monoisotopic (exact) mass is 380 g/mol. The largest absolute Gasteiger partial charge is 0.456 e. The van der Waals surface area contributed by atoms with Gasteiger partial charge in [0.1, 0.15) is 17.8 Å². The van der Waals surface area contributed by atoms with E-state index in [2.05, 4.69) is 20.6 Å². The molecule has 2 aliphatic rings. The second-order valence-electron chi connectivity index (χ2n) is 6.78. The standard InChI is InChI=1S/C19H17ClN6O/c20-26-12-21-19(10-3-4-11-19)17-14(26)7-5-9-16(17)27-15-8-2-1-6-13(15)18-22-24-25-23-18/h1-2,5-9,12H,3-4,10-11H2,(H,22,23,24,25). The van der Waals surface area contributed by atoms with E-state index in [4.69, 9.17) is 21.5 Å². The summed E-state index contributed by atoms with van der Waals surface area (Å²) in [4.78, 5) is 4.81. The van der Waals surface area contributed by atoms with E-state index in [1.54, 1.807) is 6.34 Å². The molecule has 0 unspecified atom stereocenters. The average molecular weight is 381 g/mol. The lowest BCUT2D eigenvalue weighted by atomic mass is 9.86. The summed E-state index contributed by atoms with van der Waals surface area (Å²) in [5, 5.41) is 14.3. The number of rotatable bonds is 3. The summed E-state index contributed by atoms with van der Waals surface area (Å²) in [7, 11) is 0. The number of halogens is 1. The van der Waals surface area contributed by atoms with Gasteiger partial charge in [0, 0.05) is 17.3 Å². The molecule has 8 heteroatoms. The predicted octanol–water partition coefficient (Wildman–Crippen LogP) is 4.43. The minimum Gasteiger partial charge on any atom is -0.456 e. The Morgan fingerprint density at radius 1 is 1.04 bits per heavy atom. The predicted molar refractivity (Wildman–Crippen MR) is 103 cm³/mol. The van der Waals surface area contributed by atoms with Crippen molar-refractivity contribution in [1.82, 2.24) is 20.6 Å². The molecule has 1 spiro atoms. The van der Waals surface area contributed by atoms with Crippen LogP contribution in [0.1, 0.15) is 31.2 Å². The van der Waals surface area contributed by atoms with E-state index in [-0.39, 0.29) is 5.54 Å². The van der Waals surface area contributed by atoms with E-state index in [1.807, 2.05) is 42.5 Å². The number of nitrogens with zero attached hydrogens (tertiary/aromatic N) is 5. The maximum atomic E-state index is 6.39. The Hall–Kier alpha value is -2.93. The summed E-state index contributed by atoms with van der Waals surface area (Å²) in [5.74, 6) is 1.91. The molecule has 2 aromatic carbocycles. The van der Waals surface area contributed by atoms with Crippen molar-refractivity contribution < 1.29 is 4.74 Å². The van der Waals surface area contributed by atoms with Crippen LogP contribution in [0.15, 0.2) is 47.5 Å². The molecule has 0 radical (unpaired) electrons. The zero-order valence-electron chi connectivity index (χ0n) is 14.5. The highest BCUT2D eigenvalue weighted by Crippen LogP contribution is 2.52. The summed E-state index contributed by atoms with van der Waals surface area (Å²) < 4.78 is 7.92. The van der Waals surface area contributed by atoms with Crippen LogP contribution in [-0.4, -0.2) is 27.0 Å². The third-order valence-corrected chi connectivity index (χ3v) is 5.50. The highest BCUT2D eigenvalue weighted by atomic mass is 35.5. The number of tetrazole rings is 1. The lowest BCUT2D eigenvalue weighted by molar-refractivity contribution is 0.418. The number of para-hydroxylation sites is 1. The summed E-state index contributed by atoms with van der Waals surface area (Å²) in [5.41, 5.74) is 2.47. The second kappa shape index (κ2) is 6.35. The van der Waals surface area contributed by atoms with Gasteiger partial charge in [0.25, 0.3) is 0 Å². The van der Waals surface area contributed by atoms with Crippen LogP contribution in [0.2, 0.25) is 0 Å². The third kappa shape index (κ3) is 2.66. The van der Waals surface area contributed by atoms with E-state index in [0.29, 0.717) is 11.6 Å². The fourth-order valence-corrected chi connectivity index (χ4v) is 4.20. The van der Waals surface area contributed by atoms with Crippen molar-refractivity contribution in [2.24, 2.45) is 4.99 Å². The van der Waals surface area contributed by atoms with Crippen molar-refractivity contribution in [2.45, 2.75) is 31.2 Å². The first-order chi connectivity index (χ1) is 13.3. The van der Waals surface area contributed by atoms with Gasteiger partial charge < -0.3 is 4.74 Å². The molecular weight excluding hydrogens is 364 g/mol. The average Bonchev–Trinajstić information content (AvgIpc) is 3.39. The van der Waals surface area contributed by atoms with E-state index in [1.165, 1.54) is 4.42 Å². The van der Waals surface area contributed by atoms with Crippen LogP contribution in [0.3, 0.4) is 0 Å². The first-order valence-electron chi connectivity index (χ1n) is 8.91. The number of aromatic amines is 1. The van der Waals surface area contributed by atoms with E-state index in [0.717, 1.165) is 48.2 Å². The van der Waals surface area contributed by atoms with Crippen molar-refractivity contribution in [1.29, 1.82) is 0 Å². The van der Waals surface area contributed by atoms with Gasteiger partial charge in [-0.2, -0.15) is 5.21 Å². The number of hydrogen-bond acceptors (Lipinski definition) is 6. The molecule has 1 aliphatic carbocycles. The fourth-order valence-electron chi connectivity index (χ4n) is 4.01. The van der Waals surface area contributed by atoms with Gasteiger partial charge in [-0.05, 0) is 42.3 Å². The van der Waals surface area contributed by atoms with Crippen LogP contribution in [0, 0.1) is 0 Å². The Morgan fingerprint density at radius 3 is 2.67 bits per heavy atom. The Balaban J connectivity index is 1.62. The molecule has 1 aliphatic heterocycles. The molecule has 0 amide bonds. The molecule has 7 nitrogen and oxygen atoms in total. The molecule has 1 N–H and O–H groups in total. The second-order valence-corrected chi connectivity index (χ2v) is 7.14. The number of fused-ring (bicyclic) bond motifs is 2. The molecule has 1 saturated carbocycles. The quantitative estimate of drug-likeness (QED) is 0.680. The highest BCUT2D eigenvalue weighted by molar-refractivity contribution is 6.34. The third-order valence-electron chi connectivity index (χ3n) is 5.23. The van der Waals surface area contributed by atoms with E-state index in [9.17, 15) is 0 Å². The van der Waals surface area contributed by atoms with Crippen LogP contribution >= 0.6 is 11.8 Å². The van der Waals surface area contributed by atoms with Gasteiger partial charge in [-0.3, -0.25) is 4.99 Å². The number of nitrogens with one attached hydrogen (secondary N) is 1. The summed E-state index contributed by atoms with van der Waals surface area (Å²) in [6.07, 6.45) is 5.99. The summed E-state index contributed by atoms with van der Waals surface area (Å²) in [6, 6.07) is 13.6. The first-order valence-corrected chi connectivity index (χ1v) is 9.25. The smallest absolute Gasteiger partial charge is 0.208 e. The molecule has 0 saturated heterocycles. The highest BCUT2D eigenvalue weighted by Gasteiger charge is 2.42. The van der Waals surface area contributed by atoms with Crippen LogP contribution in [-0.2, 0) is 5.54 Å². The van der Waals surface area contributed by atoms with Gasteiger partial charge >= 0.3 is 0 Å². The van der Waals surface area contributed by atoms with Crippen molar-refractivity contribution in [3.63, 3.8) is 0 Å². The van der Waals surface area contributed by atoms with Gasteiger partial charge in [0.15, 0.2) is 0 Å². The van der Waals surface area contributed by atoms with Gasteiger partial charge in [-0.1, -0.05) is 31.0 Å². The first kappa shape index (κ1) is 16.3. The Kier molecular flexibility index (Phi) is 3.82. The zero-order chi connectivity index (χ0) is 18.3. The van der Waals surface area contributed by atoms with Crippen molar-refractivity contribution in [2.75, 3.05) is 4.42 Å². The number of anilines is 1. The number of ether oxygens (including phenoxy) is 1. The summed E-state index contributed by atoms with van der Waals surface area (Å²) in [6.45, 7) is 0. The minimum atomic E-state index is -0.265. The van der Waals surface area contributed by atoms with Crippen LogP contribution < -0.4 is 9.16 Å².